The molecule has 6 heteroatoms. The molecule has 0 aliphatic carbocycles. The molecule has 2 heterocycles. The Kier molecular flexibility index (Phi) is 3.44. The standard InChI is InChI=1S/C11H18N4O2/c1-14-10(16)5-9(7-17-2)13-11(14)15-4-3-8(12)6-15/h5,8H,3-4,6-7,12H2,1-2H3/t8-/m0/s1. The summed E-state index contributed by atoms with van der Waals surface area (Å²) in [5.41, 5.74) is 6.46. The maximum atomic E-state index is 11.8. The fourth-order valence-electron chi connectivity index (χ4n) is 2.05. The van der Waals surface area contributed by atoms with Crippen molar-refractivity contribution in [2.75, 3.05) is 25.1 Å². The number of nitrogens with two attached hydrogens (primary N) is 1. The van der Waals surface area contributed by atoms with Crippen LogP contribution in [0.5, 0.6) is 0 Å². The number of hydrogen-bond acceptors (Lipinski definition) is 5. The molecule has 1 fully saturated rings. The Balaban J connectivity index is 2.35. The molecule has 0 saturated carbocycles. The lowest BCUT2D eigenvalue weighted by Crippen LogP contribution is -2.32. The molecule has 0 bridgehead atoms. The first kappa shape index (κ1) is 12.1. The number of ether oxygens (including phenoxy) is 1. The molecule has 0 radical (unpaired) electrons. The zero-order valence-electron chi connectivity index (χ0n) is 10.2. The van der Waals surface area contributed by atoms with Crippen LogP contribution in [0.2, 0.25) is 0 Å². The second-order valence-electron chi connectivity index (χ2n) is 4.37. The van der Waals surface area contributed by atoms with Crippen molar-refractivity contribution in [3.05, 3.63) is 22.1 Å². The van der Waals surface area contributed by atoms with Gasteiger partial charge < -0.3 is 15.4 Å². The molecule has 2 N–H and O–H groups in total. The lowest BCUT2D eigenvalue weighted by molar-refractivity contribution is 0.181. The van der Waals surface area contributed by atoms with Crippen LogP contribution in [0.15, 0.2) is 10.9 Å². The fraction of sp³-hybridized carbons (Fsp3) is 0.636. The monoisotopic (exact) mass is 238 g/mol. The molecular formula is C11H18N4O2. The van der Waals surface area contributed by atoms with Crippen LogP contribution >= 0.6 is 0 Å². The molecule has 0 aromatic carbocycles. The third kappa shape index (κ3) is 2.48. The van der Waals surface area contributed by atoms with E-state index in [2.05, 4.69) is 4.98 Å². The molecule has 17 heavy (non-hydrogen) atoms. The average molecular weight is 238 g/mol. The van der Waals surface area contributed by atoms with Crippen molar-refractivity contribution in [1.82, 2.24) is 9.55 Å². The van der Waals surface area contributed by atoms with Crippen LogP contribution < -0.4 is 16.2 Å². The van der Waals surface area contributed by atoms with Crippen molar-refractivity contribution in [2.45, 2.75) is 19.1 Å². The molecule has 1 aromatic heterocycles. The first-order valence-corrected chi connectivity index (χ1v) is 5.68. The van der Waals surface area contributed by atoms with Crippen molar-refractivity contribution in [1.29, 1.82) is 0 Å². The lowest BCUT2D eigenvalue weighted by Gasteiger charge is -2.20. The molecule has 0 amide bonds. The Morgan fingerprint density at radius 1 is 1.65 bits per heavy atom. The zero-order valence-corrected chi connectivity index (χ0v) is 10.2. The molecule has 94 valence electrons. The topological polar surface area (TPSA) is 73.4 Å². The van der Waals surface area contributed by atoms with Gasteiger partial charge in [0.1, 0.15) is 0 Å². The first-order valence-electron chi connectivity index (χ1n) is 5.68. The molecule has 1 aromatic rings. The maximum absolute atomic E-state index is 11.8. The van der Waals surface area contributed by atoms with Gasteiger partial charge in [-0.05, 0) is 6.42 Å². The molecule has 1 aliphatic rings. The smallest absolute Gasteiger partial charge is 0.254 e. The Morgan fingerprint density at radius 2 is 2.41 bits per heavy atom. The number of nitrogens with zero attached hydrogens (tertiary/aromatic N) is 3. The van der Waals surface area contributed by atoms with E-state index in [1.54, 1.807) is 18.7 Å². The van der Waals surface area contributed by atoms with E-state index < -0.39 is 0 Å². The molecule has 1 saturated heterocycles. The van der Waals surface area contributed by atoms with Crippen LogP contribution in [0, 0.1) is 0 Å². The van der Waals surface area contributed by atoms with Crippen molar-refractivity contribution in [3.63, 3.8) is 0 Å². The summed E-state index contributed by atoms with van der Waals surface area (Å²) in [4.78, 5) is 18.3. The number of aromatic nitrogens is 2. The van der Waals surface area contributed by atoms with Crippen LogP contribution in [0.1, 0.15) is 12.1 Å². The number of methoxy groups -OCH3 is 1. The largest absolute Gasteiger partial charge is 0.378 e. The summed E-state index contributed by atoms with van der Waals surface area (Å²) in [6.07, 6.45) is 0.935. The number of rotatable bonds is 3. The highest BCUT2D eigenvalue weighted by Gasteiger charge is 2.22. The van der Waals surface area contributed by atoms with Gasteiger partial charge in [0.15, 0.2) is 0 Å². The minimum absolute atomic E-state index is 0.0671. The second-order valence-corrected chi connectivity index (χ2v) is 4.37. The molecule has 1 aliphatic heterocycles. The summed E-state index contributed by atoms with van der Waals surface area (Å²) in [5.74, 6) is 0.678. The highest BCUT2D eigenvalue weighted by molar-refractivity contribution is 5.34. The minimum atomic E-state index is -0.0671. The van der Waals surface area contributed by atoms with Gasteiger partial charge in [0.05, 0.1) is 12.3 Å². The Bertz CT molecular complexity index is 457. The van der Waals surface area contributed by atoms with Crippen LogP contribution in [-0.2, 0) is 18.4 Å². The van der Waals surface area contributed by atoms with Gasteiger partial charge in [-0.2, -0.15) is 0 Å². The number of hydrogen-bond donors (Lipinski definition) is 1. The van der Waals surface area contributed by atoms with Crippen molar-refractivity contribution < 1.29 is 4.74 Å². The molecular weight excluding hydrogens is 220 g/mol. The highest BCUT2D eigenvalue weighted by Crippen LogP contribution is 2.15. The van der Waals surface area contributed by atoms with E-state index in [4.69, 9.17) is 10.5 Å². The van der Waals surface area contributed by atoms with Crippen LogP contribution in [-0.4, -0.2) is 35.8 Å². The van der Waals surface area contributed by atoms with E-state index in [1.807, 2.05) is 4.90 Å². The minimum Gasteiger partial charge on any atom is -0.378 e. The quantitative estimate of drug-likeness (QED) is 0.766. The van der Waals surface area contributed by atoms with Crippen molar-refractivity contribution in [3.8, 4) is 0 Å². The van der Waals surface area contributed by atoms with Crippen LogP contribution in [0.3, 0.4) is 0 Å². The van der Waals surface area contributed by atoms with E-state index in [0.717, 1.165) is 19.5 Å². The third-order valence-corrected chi connectivity index (χ3v) is 2.96. The normalized spacial score (nSPS) is 19.9. The van der Waals surface area contributed by atoms with E-state index in [0.29, 0.717) is 18.2 Å². The summed E-state index contributed by atoms with van der Waals surface area (Å²) < 4.78 is 6.56. The fourth-order valence-corrected chi connectivity index (χ4v) is 2.05. The van der Waals surface area contributed by atoms with Gasteiger partial charge in [0.25, 0.3) is 5.56 Å². The Labute approximate surface area is 100 Å². The Hall–Kier alpha value is -1.40. The summed E-state index contributed by atoms with van der Waals surface area (Å²) in [7, 11) is 3.32. The third-order valence-electron chi connectivity index (χ3n) is 2.96. The Morgan fingerprint density at radius 3 is 3.00 bits per heavy atom. The van der Waals surface area contributed by atoms with Gasteiger partial charge in [0, 0.05) is 39.4 Å². The average Bonchev–Trinajstić information content (AvgIpc) is 2.70. The summed E-state index contributed by atoms with van der Waals surface area (Å²) in [6.45, 7) is 1.94. The van der Waals surface area contributed by atoms with Gasteiger partial charge in [-0.3, -0.25) is 9.36 Å². The highest BCUT2D eigenvalue weighted by atomic mass is 16.5. The van der Waals surface area contributed by atoms with E-state index >= 15 is 0 Å². The summed E-state index contributed by atoms with van der Waals surface area (Å²) in [5, 5.41) is 0. The van der Waals surface area contributed by atoms with Gasteiger partial charge in [-0.15, -0.1) is 0 Å². The van der Waals surface area contributed by atoms with Gasteiger partial charge in [-0.1, -0.05) is 0 Å². The lowest BCUT2D eigenvalue weighted by atomic mass is 10.3. The summed E-state index contributed by atoms with van der Waals surface area (Å²) in [6, 6.07) is 1.67. The first-order chi connectivity index (χ1) is 8.11. The molecule has 0 spiro atoms. The van der Waals surface area contributed by atoms with Crippen LogP contribution in [0.25, 0.3) is 0 Å². The SMILES string of the molecule is COCc1cc(=O)n(C)c(N2CC[C@H](N)C2)n1. The predicted octanol–water partition coefficient (Wildman–Crippen LogP) is -0.536. The van der Waals surface area contributed by atoms with Gasteiger partial charge in [-0.25, -0.2) is 4.98 Å². The van der Waals surface area contributed by atoms with E-state index in [-0.39, 0.29) is 11.6 Å². The van der Waals surface area contributed by atoms with Crippen LogP contribution in [0.4, 0.5) is 5.95 Å². The van der Waals surface area contributed by atoms with E-state index in [9.17, 15) is 4.79 Å². The molecule has 6 nitrogen and oxygen atoms in total. The van der Waals surface area contributed by atoms with Crippen molar-refractivity contribution in [2.24, 2.45) is 12.8 Å². The zero-order chi connectivity index (χ0) is 12.4. The maximum Gasteiger partial charge on any atom is 0.254 e. The number of anilines is 1. The van der Waals surface area contributed by atoms with E-state index in [1.165, 1.54) is 6.07 Å². The predicted molar refractivity (Wildman–Crippen MR) is 65.0 cm³/mol. The summed E-state index contributed by atoms with van der Waals surface area (Å²) >= 11 is 0. The van der Waals surface area contributed by atoms with Gasteiger partial charge in [0.2, 0.25) is 5.95 Å². The molecule has 2 rings (SSSR count). The molecule has 1 atom stereocenters. The molecule has 0 unspecified atom stereocenters. The second kappa shape index (κ2) is 4.85. The van der Waals surface area contributed by atoms with Crippen molar-refractivity contribution >= 4 is 5.95 Å². The van der Waals surface area contributed by atoms with Gasteiger partial charge >= 0.3 is 0 Å².